The highest BCUT2D eigenvalue weighted by Crippen LogP contribution is 2.21. The first-order valence-corrected chi connectivity index (χ1v) is 8.00. The first-order chi connectivity index (χ1) is 10.1. The molecular formula is C17H20N2OS. The molecule has 0 aliphatic carbocycles. The second-order valence-electron chi connectivity index (χ2n) is 4.99. The van der Waals surface area contributed by atoms with Gasteiger partial charge in [0, 0.05) is 17.1 Å². The van der Waals surface area contributed by atoms with Gasteiger partial charge in [-0.05, 0) is 42.7 Å². The zero-order valence-corrected chi connectivity index (χ0v) is 13.2. The van der Waals surface area contributed by atoms with E-state index in [4.69, 9.17) is 5.73 Å². The number of thioether (sulfide) groups is 1. The lowest BCUT2D eigenvalue weighted by molar-refractivity contribution is -0.113. The van der Waals surface area contributed by atoms with Crippen LogP contribution < -0.4 is 11.1 Å². The lowest BCUT2D eigenvalue weighted by Crippen LogP contribution is -2.15. The van der Waals surface area contributed by atoms with Crippen LogP contribution in [0.5, 0.6) is 0 Å². The first kappa shape index (κ1) is 15.4. The van der Waals surface area contributed by atoms with Gasteiger partial charge in [0.15, 0.2) is 0 Å². The van der Waals surface area contributed by atoms with Crippen LogP contribution in [0, 0.1) is 13.8 Å². The summed E-state index contributed by atoms with van der Waals surface area (Å²) in [6.45, 7) is 4.00. The molecule has 4 heteroatoms. The van der Waals surface area contributed by atoms with Crippen molar-refractivity contribution in [3.63, 3.8) is 0 Å². The van der Waals surface area contributed by atoms with Crippen molar-refractivity contribution in [2.45, 2.75) is 19.6 Å². The zero-order chi connectivity index (χ0) is 15.2. The highest BCUT2D eigenvalue weighted by Gasteiger charge is 2.07. The van der Waals surface area contributed by atoms with Gasteiger partial charge >= 0.3 is 0 Å². The van der Waals surface area contributed by atoms with Gasteiger partial charge in [0.2, 0.25) is 5.91 Å². The minimum Gasteiger partial charge on any atom is -0.398 e. The summed E-state index contributed by atoms with van der Waals surface area (Å²) in [6, 6.07) is 13.8. The van der Waals surface area contributed by atoms with Crippen molar-refractivity contribution in [2.75, 3.05) is 16.8 Å². The number of anilines is 2. The summed E-state index contributed by atoms with van der Waals surface area (Å²) in [7, 11) is 0. The largest absolute Gasteiger partial charge is 0.398 e. The smallest absolute Gasteiger partial charge is 0.234 e. The topological polar surface area (TPSA) is 55.1 Å². The fraction of sp³-hybridized carbons (Fsp3) is 0.235. The molecule has 2 rings (SSSR count). The summed E-state index contributed by atoms with van der Waals surface area (Å²) in [5.74, 6) is 1.28. The molecule has 0 radical (unpaired) electrons. The monoisotopic (exact) mass is 300 g/mol. The number of carbonyl (C=O) groups excluding carboxylic acids is 1. The maximum atomic E-state index is 12.0. The second kappa shape index (κ2) is 7.18. The van der Waals surface area contributed by atoms with Crippen molar-refractivity contribution < 1.29 is 4.79 Å². The molecule has 0 spiro atoms. The van der Waals surface area contributed by atoms with Crippen LogP contribution in [0.15, 0.2) is 42.5 Å². The Morgan fingerprint density at radius 1 is 1.14 bits per heavy atom. The summed E-state index contributed by atoms with van der Waals surface area (Å²) in [6.07, 6.45) is 0. The van der Waals surface area contributed by atoms with Gasteiger partial charge in [-0.1, -0.05) is 30.3 Å². The number of benzene rings is 2. The van der Waals surface area contributed by atoms with Crippen LogP contribution in [-0.2, 0) is 10.5 Å². The molecule has 0 atom stereocenters. The van der Waals surface area contributed by atoms with Gasteiger partial charge in [-0.25, -0.2) is 0 Å². The summed E-state index contributed by atoms with van der Waals surface area (Å²) < 4.78 is 0. The maximum Gasteiger partial charge on any atom is 0.234 e. The summed E-state index contributed by atoms with van der Waals surface area (Å²) >= 11 is 1.61. The average molecular weight is 300 g/mol. The van der Waals surface area contributed by atoms with Crippen LogP contribution in [0.4, 0.5) is 11.4 Å². The predicted octanol–water partition coefficient (Wildman–Crippen LogP) is 3.76. The van der Waals surface area contributed by atoms with Crippen LogP contribution >= 0.6 is 11.8 Å². The summed E-state index contributed by atoms with van der Waals surface area (Å²) in [4.78, 5) is 12.0. The number of aryl methyl sites for hydroxylation is 1. The molecule has 0 aliphatic rings. The van der Waals surface area contributed by atoms with E-state index in [9.17, 15) is 4.79 Å². The molecule has 21 heavy (non-hydrogen) atoms. The van der Waals surface area contributed by atoms with E-state index >= 15 is 0 Å². The minimum absolute atomic E-state index is 0.00211. The molecule has 0 aromatic heterocycles. The molecule has 3 N–H and O–H groups in total. The maximum absolute atomic E-state index is 12.0. The van der Waals surface area contributed by atoms with Crippen molar-refractivity contribution in [3.8, 4) is 0 Å². The highest BCUT2D eigenvalue weighted by atomic mass is 32.2. The molecule has 0 aliphatic heterocycles. The Balaban J connectivity index is 1.85. The zero-order valence-electron chi connectivity index (χ0n) is 12.3. The van der Waals surface area contributed by atoms with E-state index in [2.05, 4.69) is 24.4 Å². The van der Waals surface area contributed by atoms with Crippen LogP contribution in [0.2, 0.25) is 0 Å². The number of nitrogen functional groups attached to an aromatic ring is 1. The minimum atomic E-state index is 0.00211. The van der Waals surface area contributed by atoms with E-state index in [1.807, 2.05) is 37.3 Å². The van der Waals surface area contributed by atoms with E-state index in [1.54, 1.807) is 11.8 Å². The molecule has 0 bridgehead atoms. The van der Waals surface area contributed by atoms with Gasteiger partial charge < -0.3 is 11.1 Å². The van der Waals surface area contributed by atoms with Crippen LogP contribution in [0.1, 0.15) is 16.7 Å². The summed E-state index contributed by atoms with van der Waals surface area (Å²) in [5, 5.41) is 2.91. The van der Waals surface area contributed by atoms with Crippen molar-refractivity contribution >= 4 is 29.0 Å². The number of rotatable bonds is 5. The van der Waals surface area contributed by atoms with Gasteiger partial charge in [-0.3, -0.25) is 4.79 Å². The molecule has 0 saturated heterocycles. The Morgan fingerprint density at radius 3 is 2.67 bits per heavy atom. The molecule has 3 nitrogen and oxygen atoms in total. The standard InChI is InChI=1S/C17H20N2OS/c1-12-6-3-4-7-14(12)10-21-11-17(20)19-16-9-5-8-15(18)13(16)2/h3-9H,10-11,18H2,1-2H3,(H,19,20). The van der Waals surface area contributed by atoms with E-state index in [0.29, 0.717) is 11.4 Å². The number of nitrogens with two attached hydrogens (primary N) is 1. The molecule has 2 aromatic carbocycles. The van der Waals surface area contributed by atoms with Gasteiger partial charge in [0.05, 0.1) is 5.75 Å². The SMILES string of the molecule is Cc1ccccc1CSCC(=O)Nc1cccc(N)c1C. The fourth-order valence-corrected chi connectivity index (χ4v) is 2.90. The van der Waals surface area contributed by atoms with Gasteiger partial charge in [0.1, 0.15) is 0 Å². The van der Waals surface area contributed by atoms with E-state index in [0.717, 1.165) is 17.0 Å². The lowest BCUT2D eigenvalue weighted by Gasteiger charge is -2.10. The van der Waals surface area contributed by atoms with Crippen LogP contribution in [0.25, 0.3) is 0 Å². The molecule has 110 valence electrons. The lowest BCUT2D eigenvalue weighted by atomic mass is 10.1. The first-order valence-electron chi connectivity index (χ1n) is 6.85. The van der Waals surface area contributed by atoms with E-state index < -0.39 is 0 Å². The van der Waals surface area contributed by atoms with E-state index in [1.165, 1.54) is 11.1 Å². The number of amides is 1. The van der Waals surface area contributed by atoms with Crippen LogP contribution in [0.3, 0.4) is 0 Å². The second-order valence-corrected chi connectivity index (χ2v) is 5.97. The Morgan fingerprint density at radius 2 is 1.90 bits per heavy atom. The van der Waals surface area contributed by atoms with Crippen LogP contribution in [-0.4, -0.2) is 11.7 Å². The van der Waals surface area contributed by atoms with E-state index in [-0.39, 0.29) is 5.91 Å². The van der Waals surface area contributed by atoms with Crippen molar-refractivity contribution in [1.82, 2.24) is 0 Å². The Hall–Kier alpha value is -1.94. The fourth-order valence-electron chi connectivity index (χ4n) is 2.00. The molecule has 1 amide bonds. The normalized spacial score (nSPS) is 10.4. The van der Waals surface area contributed by atoms with Crippen molar-refractivity contribution in [3.05, 3.63) is 59.2 Å². The number of carbonyl (C=O) groups is 1. The third-order valence-electron chi connectivity index (χ3n) is 3.40. The summed E-state index contributed by atoms with van der Waals surface area (Å²) in [5.41, 5.74) is 10.8. The van der Waals surface area contributed by atoms with Gasteiger partial charge in [-0.15, -0.1) is 11.8 Å². The number of nitrogens with one attached hydrogen (secondary N) is 1. The van der Waals surface area contributed by atoms with Crippen molar-refractivity contribution in [1.29, 1.82) is 0 Å². The van der Waals surface area contributed by atoms with Gasteiger partial charge in [0.25, 0.3) is 0 Å². The molecule has 0 unspecified atom stereocenters. The highest BCUT2D eigenvalue weighted by molar-refractivity contribution is 7.99. The number of hydrogen-bond acceptors (Lipinski definition) is 3. The molecule has 0 fully saturated rings. The third-order valence-corrected chi connectivity index (χ3v) is 4.38. The Bertz CT molecular complexity index is 640. The third kappa shape index (κ3) is 4.26. The molecule has 0 saturated carbocycles. The van der Waals surface area contributed by atoms with Gasteiger partial charge in [-0.2, -0.15) is 0 Å². The molecule has 2 aromatic rings. The Labute approximate surface area is 129 Å². The average Bonchev–Trinajstić information content (AvgIpc) is 2.46. The quantitative estimate of drug-likeness (QED) is 0.827. The molecular weight excluding hydrogens is 280 g/mol. The number of hydrogen-bond donors (Lipinski definition) is 2. The predicted molar refractivity (Wildman–Crippen MR) is 91.6 cm³/mol. The molecule has 0 heterocycles. The van der Waals surface area contributed by atoms with Crippen molar-refractivity contribution in [2.24, 2.45) is 0 Å². The Kier molecular flexibility index (Phi) is 5.28.